The van der Waals surface area contributed by atoms with Gasteiger partial charge in [0.25, 0.3) is 0 Å². The molecule has 2 aromatic rings. The molecule has 2 aliphatic rings. The van der Waals surface area contributed by atoms with Crippen molar-refractivity contribution in [2.24, 2.45) is 0 Å². The summed E-state index contributed by atoms with van der Waals surface area (Å²) in [4.78, 5) is 19.5. The molecule has 0 aliphatic carbocycles. The lowest BCUT2D eigenvalue weighted by molar-refractivity contribution is 0.201. The molecule has 2 aromatic carbocycles. The molecular weight excluding hydrogens is 310 g/mol. The van der Waals surface area contributed by atoms with Crippen molar-refractivity contribution < 1.29 is 4.79 Å². The van der Waals surface area contributed by atoms with Crippen molar-refractivity contribution in [3.8, 4) is 0 Å². The van der Waals surface area contributed by atoms with E-state index >= 15 is 0 Å². The number of piperazine rings is 1. The third kappa shape index (κ3) is 3.34. The molecule has 1 fully saturated rings. The van der Waals surface area contributed by atoms with Gasteiger partial charge < -0.3 is 9.80 Å². The van der Waals surface area contributed by atoms with Gasteiger partial charge in [-0.05, 0) is 43.0 Å². The van der Waals surface area contributed by atoms with Crippen LogP contribution in [0.5, 0.6) is 0 Å². The average molecular weight is 335 g/mol. The number of urea groups is 1. The zero-order valence-corrected chi connectivity index (χ0v) is 14.6. The lowest BCUT2D eigenvalue weighted by Crippen LogP contribution is -2.53. The summed E-state index contributed by atoms with van der Waals surface area (Å²) >= 11 is 0. The second-order valence-corrected chi connectivity index (χ2v) is 6.83. The second-order valence-electron chi connectivity index (χ2n) is 6.83. The van der Waals surface area contributed by atoms with Crippen LogP contribution in [0.3, 0.4) is 0 Å². The molecule has 0 atom stereocenters. The van der Waals surface area contributed by atoms with Crippen LogP contribution in [-0.4, -0.2) is 43.7 Å². The highest BCUT2D eigenvalue weighted by atomic mass is 16.2. The number of fused-ring (bicyclic) bond motifs is 1. The molecule has 4 rings (SSSR count). The molecule has 0 bridgehead atoms. The van der Waals surface area contributed by atoms with Gasteiger partial charge in [0, 0.05) is 44.1 Å². The second kappa shape index (κ2) is 7.18. The Hall–Kier alpha value is -2.49. The van der Waals surface area contributed by atoms with Gasteiger partial charge in [0.2, 0.25) is 0 Å². The molecule has 0 radical (unpaired) electrons. The Morgan fingerprint density at radius 2 is 1.48 bits per heavy atom. The first-order chi connectivity index (χ1) is 12.3. The summed E-state index contributed by atoms with van der Waals surface area (Å²) in [6.45, 7) is 4.18. The van der Waals surface area contributed by atoms with E-state index in [1.165, 1.54) is 11.3 Å². The van der Waals surface area contributed by atoms with E-state index in [-0.39, 0.29) is 6.03 Å². The Labute approximate surface area is 149 Å². The van der Waals surface area contributed by atoms with Gasteiger partial charge in [0.15, 0.2) is 0 Å². The van der Waals surface area contributed by atoms with Crippen molar-refractivity contribution in [1.82, 2.24) is 4.90 Å². The van der Waals surface area contributed by atoms with Crippen LogP contribution in [0.25, 0.3) is 0 Å². The third-order valence-corrected chi connectivity index (χ3v) is 5.26. The van der Waals surface area contributed by atoms with Gasteiger partial charge in [-0.3, -0.25) is 4.90 Å². The number of amides is 2. The first kappa shape index (κ1) is 16.0. The van der Waals surface area contributed by atoms with Crippen LogP contribution >= 0.6 is 0 Å². The van der Waals surface area contributed by atoms with E-state index in [1.807, 2.05) is 21.9 Å². The number of anilines is 2. The smallest absolute Gasteiger partial charge is 0.324 e. The Bertz CT molecular complexity index is 723. The summed E-state index contributed by atoms with van der Waals surface area (Å²) in [6.07, 6.45) is 3.30. The standard InChI is InChI=1S/C21H25N3O/c25-21(24-13-7-6-9-18-8-4-5-12-20(18)24)23-16-14-22(15-17-23)19-10-2-1-3-11-19/h1-5,8,10-12H,6-7,9,13-17H2. The number of nitrogens with zero attached hydrogens (tertiary/aromatic N) is 3. The number of rotatable bonds is 1. The molecule has 0 spiro atoms. The summed E-state index contributed by atoms with van der Waals surface area (Å²) in [5.41, 5.74) is 3.65. The highest BCUT2D eigenvalue weighted by molar-refractivity contribution is 5.93. The first-order valence-electron chi connectivity index (χ1n) is 9.27. The van der Waals surface area contributed by atoms with E-state index in [1.54, 1.807) is 0 Å². The maximum Gasteiger partial charge on any atom is 0.324 e. The number of benzene rings is 2. The highest BCUT2D eigenvalue weighted by Gasteiger charge is 2.28. The maximum atomic E-state index is 13.1. The van der Waals surface area contributed by atoms with E-state index in [0.717, 1.165) is 57.7 Å². The van der Waals surface area contributed by atoms with Crippen LogP contribution in [0.15, 0.2) is 54.6 Å². The van der Waals surface area contributed by atoms with Crippen molar-refractivity contribution in [3.63, 3.8) is 0 Å². The zero-order valence-electron chi connectivity index (χ0n) is 14.6. The largest absolute Gasteiger partial charge is 0.368 e. The topological polar surface area (TPSA) is 26.8 Å². The lowest BCUT2D eigenvalue weighted by Gasteiger charge is -2.38. The average Bonchev–Trinajstić information content (AvgIpc) is 2.91. The van der Waals surface area contributed by atoms with E-state index in [2.05, 4.69) is 47.4 Å². The first-order valence-corrected chi connectivity index (χ1v) is 9.27. The van der Waals surface area contributed by atoms with E-state index in [0.29, 0.717) is 0 Å². The number of para-hydroxylation sites is 2. The summed E-state index contributed by atoms with van der Waals surface area (Å²) in [7, 11) is 0. The van der Waals surface area contributed by atoms with Gasteiger partial charge in [-0.15, -0.1) is 0 Å². The van der Waals surface area contributed by atoms with E-state index in [4.69, 9.17) is 0 Å². The van der Waals surface area contributed by atoms with Crippen molar-refractivity contribution >= 4 is 17.4 Å². The minimum atomic E-state index is 0.169. The Morgan fingerprint density at radius 1 is 0.760 bits per heavy atom. The molecule has 0 saturated carbocycles. The predicted molar refractivity (Wildman–Crippen MR) is 102 cm³/mol. The molecule has 25 heavy (non-hydrogen) atoms. The quantitative estimate of drug-likeness (QED) is 0.793. The minimum Gasteiger partial charge on any atom is -0.368 e. The molecule has 4 nitrogen and oxygen atoms in total. The molecule has 2 amide bonds. The highest BCUT2D eigenvalue weighted by Crippen LogP contribution is 2.27. The molecule has 0 N–H and O–H groups in total. The molecule has 2 heterocycles. The summed E-state index contributed by atoms with van der Waals surface area (Å²) in [6, 6.07) is 19.0. The lowest BCUT2D eigenvalue weighted by atomic mass is 10.1. The normalized spacial score (nSPS) is 17.8. The molecule has 0 aromatic heterocycles. The fraction of sp³-hybridized carbons (Fsp3) is 0.381. The van der Waals surface area contributed by atoms with Crippen LogP contribution in [0, 0.1) is 0 Å². The number of aryl methyl sites for hydroxylation is 1. The fourth-order valence-electron chi connectivity index (χ4n) is 3.86. The van der Waals surface area contributed by atoms with Crippen LogP contribution in [0.2, 0.25) is 0 Å². The SMILES string of the molecule is O=C(N1CCN(c2ccccc2)CC1)N1CCCCc2ccccc21. The van der Waals surface area contributed by atoms with Gasteiger partial charge in [-0.2, -0.15) is 0 Å². The maximum absolute atomic E-state index is 13.1. The van der Waals surface area contributed by atoms with Crippen LogP contribution in [0.1, 0.15) is 18.4 Å². The number of hydrogen-bond acceptors (Lipinski definition) is 2. The molecule has 1 saturated heterocycles. The molecule has 2 aliphatic heterocycles. The molecule has 130 valence electrons. The number of hydrogen-bond donors (Lipinski definition) is 0. The van der Waals surface area contributed by atoms with Crippen LogP contribution in [0.4, 0.5) is 16.2 Å². The molecule has 0 unspecified atom stereocenters. The molecular formula is C21H25N3O. The van der Waals surface area contributed by atoms with E-state index < -0.39 is 0 Å². The Balaban J connectivity index is 1.46. The van der Waals surface area contributed by atoms with Crippen molar-refractivity contribution in [1.29, 1.82) is 0 Å². The van der Waals surface area contributed by atoms with Gasteiger partial charge in [-0.25, -0.2) is 4.79 Å². The third-order valence-electron chi connectivity index (χ3n) is 5.26. The van der Waals surface area contributed by atoms with Gasteiger partial charge in [0.05, 0.1) is 0 Å². The summed E-state index contributed by atoms with van der Waals surface area (Å²) < 4.78 is 0. The van der Waals surface area contributed by atoms with Gasteiger partial charge >= 0.3 is 6.03 Å². The van der Waals surface area contributed by atoms with Crippen molar-refractivity contribution in [2.45, 2.75) is 19.3 Å². The fourth-order valence-corrected chi connectivity index (χ4v) is 3.86. The van der Waals surface area contributed by atoms with E-state index in [9.17, 15) is 4.79 Å². The van der Waals surface area contributed by atoms with Gasteiger partial charge in [0.1, 0.15) is 0 Å². The zero-order chi connectivity index (χ0) is 17.1. The minimum absolute atomic E-state index is 0.169. The predicted octanol–water partition coefficient (Wildman–Crippen LogP) is 3.77. The van der Waals surface area contributed by atoms with Crippen molar-refractivity contribution in [2.75, 3.05) is 42.5 Å². The van der Waals surface area contributed by atoms with Crippen LogP contribution in [-0.2, 0) is 6.42 Å². The van der Waals surface area contributed by atoms with Crippen LogP contribution < -0.4 is 9.80 Å². The summed E-state index contributed by atoms with van der Waals surface area (Å²) in [5, 5.41) is 0. The van der Waals surface area contributed by atoms with Gasteiger partial charge in [-0.1, -0.05) is 36.4 Å². The summed E-state index contributed by atoms with van der Waals surface area (Å²) in [5.74, 6) is 0. The molecule has 4 heteroatoms. The number of carbonyl (C=O) groups excluding carboxylic acids is 1. The Kier molecular flexibility index (Phi) is 4.59. The monoisotopic (exact) mass is 335 g/mol. The van der Waals surface area contributed by atoms with Crippen molar-refractivity contribution in [3.05, 3.63) is 60.2 Å². The Morgan fingerprint density at radius 3 is 2.28 bits per heavy atom. The number of carbonyl (C=O) groups is 1.